The number of nitroso groups, excluding NO2 is 1. The van der Waals surface area contributed by atoms with Gasteiger partial charge in [0.2, 0.25) is 0 Å². The first-order chi connectivity index (χ1) is 17.4. The highest BCUT2D eigenvalue weighted by Crippen LogP contribution is 2.34. The summed E-state index contributed by atoms with van der Waals surface area (Å²) in [4.78, 5) is 25.7. The van der Waals surface area contributed by atoms with Crippen molar-refractivity contribution in [2.45, 2.75) is 84.3 Å². The van der Waals surface area contributed by atoms with Gasteiger partial charge in [-0.2, -0.15) is 0 Å². The molecule has 4 rings (SSSR count). The maximum atomic E-state index is 10.9. The highest BCUT2D eigenvalue weighted by molar-refractivity contribution is 5.73. The molecule has 2 saturated carbocycles. The number of pyridine rings is 1. The molecule has 1 heterocycles. The molecule has 2 fully saturated rings. The molecule has 0 amide bonds. The van der Waals surface area contributed by atoms with E-state index in [-0.39, 0.29) is 5.92 Å². The van der Waals surface area contributed by atoms with Crippen LogP contribution in [0.5, 0.6) is 5.75 Å². The van der Waals surface area contributed by atoms with Crippen LogP contribution in [-0.4, -0.2) is 35.8 Å². The van der Waals surface area contributed by atoms with Gasteiger partial charge in [-0.25, -0.2) is 9.99 Å². The van der Waals surface area contributed by atoms with Gasteiger partial charge in [0.25, 0.3) is 0 Å². The molecule has 196 valence electrons. The van der Waals surface area contributed by atoms with E-state index in [2.05, 4.69) is 23.3 Å². The number of hydrogen-bond donors (Lipinski definition) is 1. The van der Waals surface area contributed by atoms with Crippen LogP contribution in [0.3, 0.4) is 0 Å². The summed E-state index contributed by atoms with van der Waals surface area (Å²) in [6, 6.07) is 7.92. The van der Waals surface area contributed by atoms with E-state index in [4.69, 9.17) is 14.6 Å². The number of carbonyl (C=O) groups is 1. The van der Waals surface area contributed by atoms with Gasteiger partial charge < -0.3 is 14.6 Å². The second kappa shape index (κ2) is 13.9. The van der Waals surface area contributed by atoms with Gasteiger partial charge in [-0.3, -0.25) is 4.79 Å². The van der Waals surface area contributed by atoms with E-state index < -0.39 is 5.97 Å². The minimum absolute atomic E-state index is 0.0289. The molecule has 36 heavy (non-hydrogen) atoms. The van der Waals surface area contributed by atoms with Crippen molar-refractivity contribution < 1.29 is 19.4 Å². The Morgan fingerprint density at radius 1 is 1.11 bits per heavy atom. The molecule has 0 radical (unpaired) electrons. The normalized spacial score (nSPS) is 16.2. The third kappa shape index (κ3) is 7.50. The van der Waals surface area contributed by atoms with Crippen LogP contribution in [0.4, 0.5) is 5.82 Å². The van der Waals surface area contributed by atoms with Gasteiger partial charge >= 0.3 is 5.97 Å². The molecule has 0 spiro atoms. The first kappa shape index (κ1) is 27.6. The zero-order valence-electron chi connectivity index (χ0n) is 21.7. The van der Waals surface area contributed by atoms with Crippen LogP contribution < -0.4 is 9.75 Å². The minimum Gasteiger partial charge on any atom is -0.494 e. The topological polar surface area (TPSA) is 101 Å². The van der Waals surface area contributed by atoms with E-state index in [1.54, 1.807) is 13.2 Å². The second-order valence-electron chi connectivity index (χ2n) is 9.56. The summed E-state index contributed by atoms with van der Waals surface area (Å²) in [6.07, 6.45) is 12.0. The monoisotopic (exact) mass is 497 g/mol. The third-order valence-electron chi connectivity index (χ3n) is 7.03. The van der Waals surface area contributed by atoms with Gasteiger partial charge in [0, 0.05) is 18.8 Å². The van der Waals surface area contributed by atoms with Crippen LogP contribution in [0.1, 0.15) is 75.8 Å². The predicted molar refractivity (Wildman–Crippen MR) is 141 cm³/mol. The highest BCUT2D eigenvalue weighted by Gasteiger charge is 2.20. The van der Waals surface area contributed by atoms with Gasteiger partial charge in [-0.1, -0.05) is 44.2 Å². The molecular formula is C28H39N3O5. The molecule has 2 aliphatic carbocycles. The Balaban J connectivity index is 0.000000338. The summed E-state index contributed by atoms with van der Waals surface area (Å²) >= 11 is 0. The molecule has 0 saturated heterocycles. The molecule has 0 aliphatic heterocycles. The average molecular weight is 498 g/mol. The molecule has 8 heteroatoms. The van der Waals surface area contributed by atoms with Crippen LogP contribution >= 0.6 is 0 Å². The van der Waals surface area contributed by atoms with Gasteiger partial charge in [0.05, 0.1) is 30.5 Å². The molecule has 2 aliphatic rings. The average Bonchev–Trinajstić information content (AvgIpc) is 3.43. The summed E-state index contributed by atoms with van der Waals surface area (Å²) < 4.78 is 11.9. The lowest BCUT2D eigenvalue weighted by Crippen LogP contribution is -2.16. The quantitative estimate of drug-likeness (QED) is 0.304. The number of rotatable bonds is 9. The van der Waals surface area contributed by atoms with Gasteiger partial charge in [0.1, 0.15) is 5.75 Å². The Labute approximate surface area is 214 Å². The van der Waals surface area contributed by atoms with Crippen LogP contribution in [0.2, 0.25) is 0 Å². The van der Waals surface area contributed by atoms with E-state index in [1.807, 2.05) is 25.1 Å². The van der Waals surface area contributed by atoms with Crippen LogP contribution in [-0.2, 0) is 16.1 Å². The zero-order valence-corrected chi connectivity index (χ0v) is 21.7. The largest absolute Gasteiger partial charge is 0.494 e. The number of aromatic nitrogens is 1. The molecule has 1 N–H and O–H groups in total. The summed E-state index contributed by atoms with van der Waals surface area (Å²) in [5, 5.41) is 12.7. The second-order valence-corrected chi connectivity index (χ2v) is 9.56. The molecule has 0 bridgehead atoms. The van der Waals surface area contributed by atoms with E-state index in [0.29, 0.717) is 25.1 Å². The number of aliphatic carboxylic acids is 1. The molecule has 0 unspecified atom stereocenters. The van der Waals surface area contributed by atoms with Crippen LogP contribution in [0.15, 0.2) is 35.7 Å². The van der Waals surface area contributed by atoms with Crippen molar-refractivity contribution in [3.63, 3.8) is 0 Å². The van der Waals surface area contributed by atoms with Crippen LogP contribution in [0, 0.1) is 17.7 Å². The fourth-order valence-corrected chi connectivity index (χ4v) is 4.90. The lowest BCUT2D eigenvalue weighted by atomic mass is 9.90. The zero-order chi connectivity index (χ0) is 25.9. The minimum atomic E-state index is -0.602. The van der Waals surface area contributed by atoms with Crippen molar-refractivity contribution in [2.75, 3.05) is 18.7 Å². The summed E-state index contributed by atoms with van der Waals surface area (Å²) in [5.74, 6) is 0.749. The maximum absolute atomic E-state index is 10.9. The molecule has 1 aromatic carbocycles. The lowest BCUT2D eigenvalue weighted by molar-refractivity contribution is -0.142. The Hall–Kier alpha value is -3.00. The fourth-order valence-electron chi connectivity index (χ4n) is 4.90. The SMILES string of the molecule is CCOc1cccc(-c2cnc(N(C)N=O)cc2COC2CCCC2)c1C.O=C(O)C1CCCCC1. The number of hydrogen-bond acceptors (Lipinski definition) is 6. The molecular weight excluding hydrogens is 458 g/mol. The van der Waals surface area contributed by atoms with E-state index in [9.17, 15) is 9.70 Å². The summed E-state index contributed by atoms with van der Waals surface area (Å²) in [6.45, 7) is 5.13. The van der Waals surface area contributed by atoms with E-state index >= 15 is 0 Å². The number of carboxylic acid groups (broad SMARTS) is 1. The number of benzene rings is 1. The molecule has 0 atom stereocenters. The van der Waals surface area contributed by atoms with Crippen LogP contribution in [0.25, 0.3) is 11.1 Å². The van der Waals surface area contributed by atoms with Gasteiger partial charge in [-0.15, -0.1) is 4.91 Å². The lowest BCUT2D eigenvalue weighted by Gasteiger charge is -2.18. The number of ether oxygens (including phenoxy) is 2. The summed E-state index contributed by atoms with van der Waals surface area (Å²) in [5.41, 5.74) is 4.12. The Kier molecular flexibility index (Phi) is 10.7. The highest BCUT2D eigenvalue weighted by atomic mass is 16.5. The Morgan fingerprint density at radius 2 is 1.81 bits per heavy atom. The third-order valence-corrected chi connectivity index (χ3v) is 7.03. The van der Waals surface area contributed by atoms with Crippen molar-refractivity contribution in [3.05, 3.63) is 46.5 Å². The van der Waals surface area contributed by atoms with Crippen molar-refractivity contribution in [1.82, 2.24) is 4.98 Å². The van der Waals surface area contributed by atoms with Crippen molar-refractivity contribution >= 4 is 11.8 Å². The molecule has 8 nitrogen and oxygen atoms in total. The smallest absolute Gasteiger partial charge is 0.306 e. The first-order valence-corrected chi connectivity index (χ1v) is 13.1. The Morgan fingerprint density at radius 3 is 2.42 bits per heavy atom. The van der Waals surface area contributed by atoms with Gasteiger partial charge in [-0.05, 0) is 68.4 Å². The van der Waals surface area contributed by atoms with E-state index in [1.165, 1.54) is 24.3 Å². The van der Waals surface area contributed by atoms with Crippen molar-refractivity contribution in [1.29, 1.82) is 0 Å². The van der Waals surface area contributed by atoms with Crippen molar-refractivity contribution in [2.24, 2.45) is 11.2 Å². The number of anilines is 1. The van der Waals surface area contributed by atoms with E-state index in [0.717, 1.165) is 66.5 Å². The molecule has 2 aromatic rings. The Bertz CT molecular complexity index is 1000. The predicted octanol–water partition coefficient (Wildman–Crippen LogP) is 6.68. The standard InChI is InChI=1S/C21H27N3O3.C7H12O2/c1-4-26-20-11-7-10-18(15(20)2)19-13-22-21(24(3)23-25)12-16(19)14-27-17-8-5-6-9-17;8-7(9)6-4-2-1-3-5-6/h7,10-13,17H,4-6,8-9,14H2,1-3H3;6H,1-5H2,(H,8,9). The number of nitrogens with zero attached hydrogens (tertiary/aromatic N) is 3. The number of carboxylic acids is 1. The van der Waals surface area contributed by atoms with Crippen molar-refractivity contribution in [3.8, 4) is 16.9 Å². The summed E-state index contributed by atoms with van der Waals surface area (Å²) in [7, 11) is 1.59. The molecule has 1 aromatic heterocycles. The fraction of sp³-hybridized carbons (Fsp3) is 0.571. The maximum Gasteiger partial charge on any atom is 0.306 e. The van der Waals surface area contributed by atoms with Gasteiger partial charge in [0.15, 0.2) is 5.82 Å². The first-order valence-electron chi connectivity index (χ1n) is 13.1.